The number of aryl methyl sites for hydroxylation is 1. The van der Waals surface area contributed by atoms with E-state index in [2.05, 4.69) is 21.8 Å². The number of aromatic nitrogens is 2. The summed E-state index contributed by atoms with van der Waals surface area (Å²) in [6, 6.07) is 4.62. The van der Waals surface area contributed by atoms with Gasteiger partial charge < -0.3 is 34.1 Å². The SMILES string of the molecule is CN1CCN(c2ccnc3c2c(Cc2oc4cc(O)cc(O)c4c2O)cn3C)CC1. The Morgan fingerprint density at radius 1 is 1.03 bits per heavy atom. The Bertz CT molecular complexity index is 1250. The number of hydrogen-bond donors (Lipinski definition) is 3. The van der Waals surface area contributed by atoms with Gasteiger partial charge in [-0.2, -0.15) is 0 Å². The molecule has 0 saturated carbocycles. The Balaban J connectivity index is 1.61. The lowest BCUT2D eigenvalue weighted by molar-refractivity contribution is 0.313. The smallest absolute Gasteiger partial charge is 0.169 e. The largest absolute Gasteiger partial charge is 0.508 e. The highest BCUT2D eigenvalue weighted by Crippen LogP contribution is 2.42. The fourth-order valence-electron chi connectivity index (χ4n) is 4.34. The van der Waals surface area contributed by atoms with Crippen molar-refractivity contribution in [2.75, 3.05) is 38.1 Å². The number of likely N-dealkylation sites (N-methyl/N-ethyl adjacent to an activating group) is 1. The number of pyridine rings is 1. The van der Waals surface area contributed by atoms with Crippen molar-refractivity contribution in [2.45, 2.75) is 6.42 Å². The molecule has 156 valence electrons. The van der Waals surface area contributed by atoms with Crippen molar-refractivity contribution < 1.29 is 19.7 Å². The first-order valence-corrected chi connectivity index (χ1v) is 9.95. The standard InChI is InChI=1S/C22H24N4O4/c1-24-5-7-26(8-6-24)15-3-4-23-22-19(15)13(12-25(22)2)9-18-21(29)20-16(28)10-14(27)11-17(20)30-18/h3-4,10-12,27-29H,5-9H2,1-2H3. The molecule has 1 aliphatic heterocycles. The Labute approximate surface area is 173 Å². The molecule has 4 aromatic rings. The predicted octanol–water partition coefficient (Wildman–Crippen LogP) is 2.78. The molecule has 0 atom stereocenters. The summed E-state index contributed by atoms with van der Waals surface area (Å²) in [7, 11) is 4.08. The molecule has 3 N–H and O–H groups in total. The normalized spacial score (nSPS) is 15.5. The number of fused-ring (bicyclic) bond motifs is 2. The average Bonchev–Trinajstić information content (AvgIpc) is 3.19. The minimum Gasteiger partial charge on any atom is -0.508 e. The first-order chi connectivity index (χ1) is 14.4. The molecule has 0 spiro atoms. The number of aromatic hydroxyl groups is 3. The second-order valence-electron chi connectivity index (χ2n) is 7.97. The van der Waals surface area contributed by atoms with Gasteiger partial charge in [-0.05, 0) is 18.7 Å². The van der Waals surface area contributed by atoms with Gasteiger partial charge in [0.1, 0.15) is 28.1 Å². The van der Waals surface area contributed by atoms with Crippen LogP contribution in [0.2, 0.25) is 0 Å². The Morgan fingerprint density at radius 3 is 2.57 bits per heavy atom. The molecule has 1 aromatic carbocycles. The summed E-state index contributed by atoms with van der Waals surface area (Å²) in [5.41, 5.74) is 3.22. The lowest BCUT2D eigenvalue weighted by Crippen LogP contribution is -2.44. The number of benzene rings is 1. The Hall–Kier alpha value is -3.39. The molecule has 8 nitrogen and oxygen atoms in total. The summed E-state index contributed by atoms with van der Waals surface area (Å²) in [5.74, 6) is -0.0988. The third-order valence-corrected chi connectivity index (χ3v) is 5.91. The van der Waals surface area contributed by atoms with Gasteiger partial charge in [-0.15, -0.1) is 0 Å². The molecular weight excluding hydrogens is 384 g/mol. The quantitative estimate of drug-likeness (QED) is 0.479. The molecule has 0 radical (unpaired) electrons. The maximum Gasteiger partial charge on any atom is 0.169 e. The van der Waals surface area contributed by atoms with E-state index in [4.69, 9.17) is 4.42 Å². The molecule has 0 unspecified atom stereocenters. The molecule has 5 rings (SSSR count). The molecule has 3 aromatic heterocycles. The van der Waals surface area contributed by atoms with Gasteiger partial charge in [0.05, 0.1) is 0 Å². The number of piperazine rings is 1. The highest BCUT2D eigenvalue weighted by atomic mass is 16.4. The number of hydrogen-bond acceptors (Lipinski definition) is 7. The molecule has 0 amide bonds. The number of nitrogens with zero attached hydrogens (tertiary/aromatic N) is 4. The zero-order chi connectivity index (χ0) is 21.0. The first-order valence-electron chi connectivity index (χ1n) is 9.95. The molecule has 1 saturated heterocycles. The van der Waals surface area contributed by atoms with E-state index in [1.165, 1.54) is 12.1 Å². The van der Waals surface area contributed by atoms with Gasteiger partial charge in [-0.1, -0.05) is 0 Å². The average molecular weight is 408 g/mol. The fraction of sp³-hybridized carbons (Fsp3) is 0.318. The summed E-state index contributed by atoms with van der Waals surface area (Å²) in [6.45, 7) is 3.87. The van der Waals surface area contributed by atoms with Gasteiger partial charge in [-0.3, -0.25) is 0 Å². The zero-order valence-electron chi connectivity index (χ0n) is 17.0. The molecule has 4 heterocycles. The molecule has 8 heteroatoms. The molecule has 0 aliphatic carbocycles. The van der Waals surface area contributed by atoms with Crippen LogP contribution in [-0.4, -0.2) is 63.0 Å². The third kappa shape index (κ3) is 2.91. The van der Waals surface area contributed by atoms with Crippen LogP contribution in [0.25, 0.3) is 22.0 Å². The van der Waals surface area contributed by atoms with E-state index in [0.29, 0.717) is 12.2 Å². The third-order valence-electron chi connectivity index (χ3n) is 5.91. The van der Waals surface area contributed by atoms with E-state index < -0.39 is 0 Å². The van der Waals surface area contributed by atoms with E-state index in [1.807, 2.05) is 30.1 Å². The second-order valence-corrected chi connectivity index (χ2v) is 7.97. The van der Waals surface area contributed by atoms with E-state index in [-0.39, 0.29) is 28.2 Å². The highest BCUT2D eigenvalue weighted by molar-refractivity contribution is 5.95. The van der Waals surface area contributed by atoms with Gasteiger partial charge in [-0.25, -0.2) is 4.98 Å². The lowest BCUT2D eigenvalue weighted by Gasteiger charge is -2.34. The monoisotopic (exact) mass is 408 g/mol. The van der Waals surface area contributed by atoms with E-state index >= 15 is 0 Å². The number of anilines is 1. The van der Waals surface area contributed by atoms with Crippen LogP contribution in [0.1, 0.15) is 11.3 Å². The molecule has 0 bridgehead atoms. The molecular formula is C22H24N4O4. The zero-order valence-corrected chi connectivity index (χ0v) is 17.0. The van der Waals surface area contributed by atoms with E-state index in [9.17, 15) is 15.3 Å². The summed E-state index contributed by atoms with van der Waals surface area (Å²) < 4.78 is 7.78. The van der Waals surface area contributed by atoms with Crippen molar-refractivity contribution in [1.82, 2.24) is 14.5 Å². The van der Waals surface area contributed by atoms with Crippen molar-refractivity contribution in [3.63, 3.8) is 0 Å². The van der Waals surface area contributed by atoms with E-state index in [1.54, 1.807) is 0 Å². The maximum absolute atomic E-state index is 10.7. The van der Waals surface area contributed by atoms with Crippen LogP contribution in [0.4, 0.5) is 5.69 Å². The lowest BCUT2D eigenvalue weighted by atomic mass is 10.1. The van der Waals surface area contributed by atoms with Crippen molar-refractivity contribution in [1.29, 1.82) is 0 Å². The first kappa shape index (κ1) is 18.6. The summed E-state index contributed by atoms with van der Waals surface area (Å²) in [6.07, 6.45) is 4.17. The molecule has 1 aliphatic rings. The van der Waals surface area contributed by atoms with Crippen molar-refractivity contribution in [2.24, 2.45) is 7.05 Å². The Kier molecular flexibility index (Phi) is 4.25. The maximum atomic E-state index is 10.7. The van der Waals surface area contributed by atoms with Crippen LogP contribution in [0.15, 0.2) is 35.0 Å². The van der Waals surface area contributed by atoms with Gasteiger partial charge in [0.25, 0.3) is 0 Å². The predicted molar refractivity (Wildman–Crippen MR) is 114 cm³/mol. The van der Waals surface area contributed by atoms with Crippen LogP contribution < -0.4 is 4.90 Å². The minimum atomic E-state index is -0.213. The number of furan rings is 1. The van der Waals surface area contributed by atoms with Crippen LogP contribution in [0.5, 0.6) is 17.2 Å². The topological polar surface area (TPSA) is 98.1 Å². The van der Waals surface area contributed by atoms with Crippen LogP contribution in [0.3, 0.4) is 0 Å². The van der Waals surface area contributed by atoms with Crippen molar-refractivity contribution >= 4 is 27.7 Å². The van der Waals surface area contributed by atoms with Gasteiger partial charge in [0.15, 0.2) is 11.5 Å². The van der Waals surface area contributed by atoms with Gasteiger partial charge >= 0.3 is 0 Å². The summed E-state index contributed by atoms with van der Waals surface area (Å²) in [4.78, 5) is 9.25. The van der Waals surface area contributed by atoms with Crippen molar-refractivity contribution in [3.8, 4) is 17.2 Å². The number of rotatable bonds is 3. The van der Waals surface area contributed by atoms with Crippen LogP contribution in [0, 0.1) is 0 Å². The summed E-state index contributed by atoms with van der Waals surface area (Å²) >= 11 is 0. The van der Waals surface area contributed by atoms with Gasteiger partial charge in [0.2, 0.25) is 0 Å². The second kappa shape index (κ2) is 6.84. The number of phenols is 2. The Morgan fingerprint density at radius 2 is 1.80 bits per heavy atom. The minimum absolute atomic E-state index is 0.107. The van der Waals surface area contributed by atoms with Crippen LogP contribution >= 0.6 is 0 Å². The summed E-state index contributed by atoms with van der Waals surface area (Å²) in [5, 5.41) is 31.8. The molecule has 30 heavy (non-hydrogen) atoms. The number of phenolic OH excluding ortho intramolecular Hbond substituents is 2. The van der Waals surface area contributed by atoms with Gasteiger partial charge in [0, 0.05) is 75.2 Å². The molecule has 1 fully saturated rings. The van der Waals surface area contributed by atoms with Crippen LogP contribution in [-0.2, 0) is 13.5 Å². The highest BCUT2D eigenvalue weighted by Gasteiger charge is 2.23. The fourth-order valence-corrected chi connectivity index (χ4v) is 4.34. The van der Waals surface area contributed by atoms with E-state index in [0.717, 1.165) is 48.5 Å². The van der Waals surface area contributed by atoms with Crippen molar-refractivity contribution in [3.05, 3.63) is 41.9 Å².